The van der Waals surface area contributed by atoms with Crippen LogP contribution in [0, 0.1) is 0 Å². The van der Waals surface area contributed by atoms with Crippen LogP contribution in [0.5, 0.6) is 0 Å². The molecule has 10 heavy (non-hydrogen) atoms. The van der Waals surface area contributed by atoms with Crippen LogP contribution in [0.1, 0.15) is 0 Å². The Labute approximate surface area is 64.0 Å². The van der Waals surface area contributed by atoms with E-state index >= 15 is 0 Å². The van der Waals surface area contributed by atoms with Gasteiger partial charge in [-0.25, -0.2) is 0 Å². The highest BCUT2D eigenvalue weighted by Crippen LogP contribution is 2.11. The van der Waals surface area contributed by atoms with Gasteiger partial charge in [0.05, 0.1) is 12.4 Å². The van der Waals surface area contributed by atoms with E-state index in [2.05, 4.69) is 20.9 Å². The highest BCUT2D eigenvalue weighted by atomic mass is 35.5. The molecule has 1 fully saturated rings. The van der Waals surface area contributed by atoms with Gasteiger partial charge in [0.15, 0.2) is 0 Å². The van der Waals surface area contributed by atoms with Gasteiger partial charge in [0.25, 0.3) is 0 Å². The minimum Gasteiger partial charge on any atom is -0.367 e. The zero-order valence-electron chi connectivity index (χ0n) is 5.34. The first-order valence-corrected chi connectivity index (χ1v) is 3.70. The van der Waals surface area contributed by atoms with E-state index in [9.17, 15) is 0 Å². The molecule has 3 atom stereocenters. The van der Waals surface area contributed by atoms with Crippen LogP contribution in [0.4, 0.5) is 0 Å². The van der Waals surface area contributed by atoms with Gasteiger partial charge in [0.1, 0.15) is 11.7 Å². The fourth-order valence-electron chi connectivity index (χ4n) is 1.21. The van der Waals surface area contributed by atoms with Gasteiger partial charge in [-0.05, 0) is 0 Å². The monoisotopic (exact) mass is 160 g/mol. The molecule has 0 aliphatic carbocycles. The third kappa shape index (κ3) is 0.885. The van der Waals surface area contributed by atoms with Crippen molar-refractivity contribution in [2.24, 2.45) is 4.99 Å². The molecule has 56 valence electrons. The predicted octanol–water partition coefficient (Wildman–Crippen LogP) is -0.972. The van der Waals surface area contributed by atoms with E-state index in [-0.39, 0.29) is 17.7 Å². The number of fused-ring (bicyclic) bond motifs is 1. The molecule has 2 rings (SSSR count). The number of rotatable bonds is 0. The average molecular weight is 161 g/mol. The number of hydrogen-bond donors (Lipinski definition) is 3. The van der Waals surface area contributed by atoms with Gasteiger partial charge < -0.3 is 5.32 Å². The summed E-state index contributed by atoms with van der Waals surface area (Å²) < 4.78 is 0. The number of halogens is 1. The molecule has 0 spiro atoms. The first-order valence-electron chi connectivity index (χ1n) is 3.26. The molecule has 2 heterocycles. The van der Waals surface area contributed by atoms with Crippen molar-refractivity contribution in [3.8, 4) is 0 Å². The lowest BCUT2D eigenvalue weighted by molar-refractivity contribution is 0.329. The predicted molar refractivity (Wildman–Crippen MR) is 40.0 cm³/mol. The molecule has 0 saturated carbocycles. The minimum absolute atomic E-state index is 0.0197. The molecule has 0 amide bonds. The molecule has 3 N–H and O–H groups in total. The Balaban J connectivity index is 2.07. The van der Waals surface area contributed by atoms with E-state index in [0.717, 1.165) is 6.67 Å². The maximum Gasteiger partial charge on any atom is 0.125 e. The summed E-state index contributed by atoms with van der Waals surface area (Å²) in [5, 5.41) is 9.28. The number of nitrogens with one attached hydrogen (secondary N) is 3. The largest absolute Gasteiger partial charge is 0.367 e. The standard InChI is InChI=1S/C5H9ClN4/c6-4-3-5(9-1-7-3)10-2-8-4/h1,3-5,8,10H,2H2,(H,7,9). The van der Waals surface area contributed by atoms with Crippen molar-refractivity contribution in [1.82, 2.24) is 16.0 Å². The lowest BCUT2D eigenvalue weighted by atomic mass is 10.2. The molecule has 3 unspecified atom stereocenters. The molecule has 0 aromatic rings. The summed E-state index contributed by atoms with van der Waals surface area (Å²) in [6, 6.07) is 0.204. The van der Waals surface area contributed by atoms with Crippen molar-refractivity contribution >= 4 is 17.9 Å². The third-order valence-corrected chi connectivity index (χ3v) is 2.19. The Kier molecular flexibility index (Phi) is 1.52. The molecule has 2 aliphatic rings. The van der Waals surface area contributed by atoms with Gasteiger partial charge in [-0.1, -0.05) is 0 Å². The normalized spacial score (nSPS) is 44.7. The number of nitrogens with zero attached hydrogens (tertiary/aromatic N) is 1. The molecule has 4 nitrogen and oxygen atoms in total. The molecule has 0 aromatic carbocycles. The van der Waals surface area contributed by atoms with Gasteiger partial charge in [0, 0.05) is 6.67 Å². The lowest BCUT2D eigenvalue weighted by Crippen LogP contribution is -2.60. The van der Waals surface area contributed by atoms with Crippen LogP contribution in [0.3, 0.4) is 0 Å². The maximum atomic E-state index is 5.92. The Hall–Kier alpha value is -0.320. The Morgan fingerprint density at radius 1 is 1.50 bits per heavy atom. The van der Waals surface area contributed by atoms with Crippen LogP contribution in [0.15, 0.2) is 4.99 Å². The molecule has 1 saturated heterocycles. The summed E-state index contributed by atoms with van der Waals surface area (Å²) in [6.45, 7) is 0.731. The van der Waals surface area contributed by atoms with Gasteiger partial charge in [-0.2, -0.15) is 0 Å². The molecule has 5 heteroatoms. The van der Waals surface area contributed by atoms with E-state index in [0.29, 0.717) is 0 Å². The van der Waals surface area contributed by atoms with Gasteiger partial charge in [0.2, 0.25) is 0 Å². The fourth-order valence-corrected chi connectivity index (χ4v) is 1.49. The molecule has 0 radical (unpaired) electrons. The van der Waals surface area contributed by atoms with E-state index < -0.39 is 0 Å². The molecular formula is C5H9ClN4. The summed E-state index contributed by atoms with van der Waals surface area (Å²) in [5.74, 6) is 0. The number of hydrogen-bond acceptors (Lipinski definition) is 4. The highest BCUT2D eigenvalue weighted by molar-refractivity contribution is 6.21. The third-order valence-electron chi connectivity index (χ3n) is 1.77. The maximum absolute atomic E-state index is 5.92. The minimum atomic E-state index is -0.0197. The summed E-state index contributed by atoms with van der Waals surface area (Å²) in [5.41, 5.74) is -0.0197. The van der Waals surface area contributed by atoms with Crippen molar-refractivity contribution < 1.29 is 0 Å². The molecular weight excluding hydrogens is 152 g/mol. The number of aliphatic imine (C=N–C) groups is 1. The van der Waals surface area contributed by atoms with Crippen molar-refractivity contribution in [1.29, 1.82) is 0 Å². The SMILES string of the molecule is ClC1NCNC2N=CNC12. The second-order valence-corrected chi connectivity index (χ2v) is 2.87. The van der Waals surface area contributed by atoms with E-state index in [1.165, 1.54) is 0 Å². The Morgan fingerprint density at radius 3 is 3.20 bits per heavy atom. The second-order valence-electron chi connectivity index (χ2n) is 2.40. The van der Waals surface area contributed by atoms with Crippen LogP contribution < -0.4 is 16.0 Å². The van der Waals surface area contributed by atoms with Crippen LogP contribution in [-0.4, -0.2) is 30.7 Å². The van der Waals surface area contributed by atoms with Gasteiger partial charge in [-0.3, -0.25) is 15.6 Å². The van der Waals surface area contributed by atoms with E-state index in [1.54, 1.807) is 6.34 Å². The molecule has 0 aromatic heterocycles. The van der Waals surface area contributed by atoms with Gasteiger partial charge >= 0.3 is 0 Å². The van der Waals surface area contributed by atoms with Crippen LogP contribution in [0.2, 0.25) is 0 Å². The molecule has 0 bridgehead atoms. The topological polar surface area (TPSA) is 48.5 Å². The molecule has 2 aliphatic heterocycles. The first-order chi connectivity index (χ1) is 4.88. The zero-order valence-corrected chi connectivity index (χ0v) is 6.10. The summed E-state index contributed by atoms with van der Waals surface area (Å²) in [4.78, 5) is 4.14. The smallest absolute Gasteiger partial charge is 0.125 e. The quantitative estimate of drug-likeness (QED) is 0.316. The average Bonchev–Trinajstić information content (AvgIpc) is 2.36. The second kappa shape index (κ2) is 2.38. The van der Waals surface area contributed by atoms with E-state index in [1.807, 2.05) is 0 Å². The number of alkyl halides is 1. The van der Waals surface area contributed by atoms with E-state index in [4.69, 9.17) is 11.6 Å². The van der Waals surface area contributed by atoms with Crippen LogP contribution in [0.25, 0.3) is 0 Å². The van der Waals surface area contributed by atoms with Crippen LogP contribution >= 0.6 is 11.6 Å². The van der Waals surface area contributed by atoms with Gasteiger partial charge in [-0.15, -0.1) is 11.6 Å². The first kappa shape index (κ1) is 6.39. The highest BCUT2D eigenvalue weighted by Gasteiger charge is 2.33. The Morgan fingerprint density at radius 2 is 2.40 bits per heavy atom. The van der Waals surface area contributed by atoms with Crippen molar-refractivity contribution in [2.45, 2.75) is 17.7 Å². The van der Waals surface area contributed by atoms with Crippen molar-refractivity contribution in [3.63, 3.8) is 0 Å². The summed E-state index contributed by atoms with van der Waals surface area (Å²) in [7, 11) is 0. The van der Waals surface area contributed by atoms with Crippen LogP contribution in [-0.2, 0) is 0 Å². The van der Waals surface area contributed by atoms with Crippen molar-refractivity contribution in [3.05, 3.63) is 0 Å². The summed E-state index contributed by atoms with van der Waals surface area (Å²) >= 11 is 5.92. The lowest BCUT2D eigenvalue weighted by Gasteiger charge is -2.30. The van der Waals surface area contributed by atoms with Crippen molar-refractivity contribution in [2.75, 3.05) is 6.67 Å². The fraction of sp³-hybridized carbons (Fsp3) is 0.800. The zero-order chi connectivity index (χ0) is 6.97. The summed E-state index contributed by atoms with van der Waals surface area (Å²) in [6.07, 6.45) is 1.86. The Bertz CT molecular complexity index is 160.